The Balaban J connectivity index is 2.69. The lowest BCUT2D eigenvalue weighted by atomic mass is 9.77. The molecule has 0 aromatic carbocycles. The van der Waals surface area contributed by atoms with Crippen LogP contribution in [0.3, 0.4) is 0 Å². The van der Waals surface area contributed by atoms with E-state index < -0.39 is 0 Å². The molecule has 1 unspecified atom stereocenters. The molecule has 92 valence electrons. The van der Waals surface area contributed by atoms with Gasteiger partial charge in [-0.25, -0.2) is 0 Å². The third kappa shape index (κ3) is 3.51. The lowest BCUT2D eigenvalue weighted by Gasteiger charge is -2.30. The summed E-state index contributed by atoms with van der Waals surface area (Å²) in [5.41, 5.74) is 1.57. The molecular formula is C13H23ClN2. The highest BCUT2D eigenvalue weighted by molar-refractivity contribution is 6.18. The third-order valence-corrected chi connectivity index (χ3v) is 4.00. The van der Waals surface area contributed by atoms with E-state index in [0.717, 1.165) is 18.7 Å². The fourth-order valence-electron chi connectivity index (χ4n) is 2.15. The van der Waals surface area contributed by atoms with Crippen LogP contribution >= 0.6 is 11.6 Å². The summed E-state index contributed by atoms with van der Waals surface area (Å²) in [4.78, 5) is 0. The minimum Gasteiger partial charge on any atom is -0.276 e. The monoisotopic (exact) mass is 242 g/mol. The quantitative estimate of drug-likeness (QED) is 0.666. The number of hydrogen-bond acceptors (Lipinski definition) is 1. The Morgan fingerprint density at radius 1 is 1.44 bits per heavy atom. The molecule has 0 aliphatic rings. The number of rotatable bonds is 7. The molecule has 0 radical (unpaired) electrons. The normalized spacial score (nSPS) is 15.0. The number of halogens is 1. The molecule has 0 saturated heterocycles. The molecule has 0 amide bonds. The Bertz CT molecular complexity index is 303. The second kappa shape index (κ2) is 6.29. The first kappa shape index (κ1) is 13.6. The first-order chi connectivity index (χ1) is 7.65. The number of aromatic nitrogens is 2. The molecule has 0 aliphatic heterocycles. The average Bonchev–Trinajstić information content (AvgIpc) is 2.70. The van der Waals surface area contributed by atoms with Crippen LogP contribution in [0.25, 0.3) is 0 Å². The number of unbranched alkanes of at least 4 members (excludes halogenated alkanes) is 1. The van der Waals surface area contributed by atoms with E-state index in [0.29, 0.717) is 0 Å². The first-order valence-corrected chi connectivity index (χ1v) is 6.72. The van der Waals surface area contributed by atoms with Crippen LogP contribution in [0.1, 0.15) is 45.1 Å². The maximum atomic E-state index is 6.19. The minimum atomic E-state index is 0.264. The molecule has 1 heterocycles. The van der Waals surface area contributed by atoms with Crippen molar-refractivity contribution >= 4 is 11.6 Å². The molecule has 1 rings (SSSR count). The van der Waals surface area contributed by atoms with E-state index in [9.17, 15) is 0 Å². The molecular weight excluding hydrogens is 220 g/mol. The van der Waals surface area contributed by atoms with Gasteiger partial charge in [0.1, 0.15) is 0 Å². The molecule has 0 N–H and O–H groups in total. The van der Waals surface area contributed by atoms with Gasteiger partial charge in [0.25, 0.3) is 0 Å². The van der Waals surface area contributed by atoms with Crippen molar-refractivity contribution in [1.29, 1.82) is 0 Å². The molecule has 0 saturated carbocycles. The molecule has 1 atom stereocenters. The summed E-state index contributed by atoms with van der Waals surface area (Å²) < 4.78 is 1.86. The molecule has 2 nitrogen and oxygen atoms in total. The lowest BCUT2D eigenvalue weighted by molar-refractivity contribution is 0.279. The van der Waals surface area contributed by atoms with E-state index in [4.69, 9.17) is 11.6 Å². The largest absolute Gasteiger partial charge is 0.276 e. The molecule has 1 aromatic rings. The molecule has 1 aromatic heterocycles. The predicted molar refractivity (Wildman–Crippen MR) is 69.9 cm³/mol. The first-order valence-electron chi connectivity index (χ1n) is 6.19. The van der Waals surface area contributed by atoms with Crippen LogP contribution in [0.5, 0.6) is 0 Å². The van der Waals surface area contributed by atoms with Crippen molar-refractivity contribution < 1.29 is 0 Å². The van der Waals surface area contributed by atoms with Crippen molar-refractivity contribution in [3.05, 3.63) is 18.0 Å². The van der Waals surface area contributed by atoms with Crippen LogP contribution in [0.2, 0.25) is 0 Å². The zero-order valence-corrected chi connectivity index (χ0v) is 11.4. The number of aryl methyl sites for hydroxylation is 1. The summed E-state index contributed by atoms with van der Waals surface area (Å²) in [6.07, 6.45) is 9.99. The fourth-order valence-corrected chi connectivity index (χ4v) is 2.56. The third-order valence-electron chi connectivity index (χ3n) is 3.43. The molecule has 16 heavy (non-hydrogen) atoms. The van der Waals surface area contributed by atoms with Gasteiger partial charge in [-0.1, -0.05) is 26.7 Å². The second-order valence-corrected chi connectivity index (χ2v) is 5.06. The van der Waals surface area contributed by atoms with Gasteiger partial charge in [-0.05, 0) is 30.2 Å². The molecule has 0 aliphatic carbocycles. The highest BCUT2D eigenvalue weighted by Gasteiger charge is 2.27. The highest BCUT2D eigenvalue weighted by atomic mass is 35.5. The van der Waals surface area contributed by atoms with Crippen LogP contribution in [-0.4, -0.2) is 15.7 Å². The fraction of sp³-hybridized carbons (Fsp3) is 0.769. The standard InChI is InChI=1S/C13H23ClN2/c1-4-6-7-13(5-2,11-14)8-12-9-15-16(3)10-12/h9-10H,4-8,11H2,1-3H3. The van der Waals surface area contributed by atoms with Gasteiger partial charge in [0.2, 0.25) is 0 Å². The Hall–Kier alpha value is -0.500. The van der Waals surface area contributed by atoms with Gasteiger partial charge >= 0.3 is 0 Å². The van der Waals surface area contributed by atoms with Crippen LogP contribution in [0, 0.1) is 5.41 Å². The van der Waals surface area contributed by atoms with Gasteiger partial charge in [0.15, 0.2) is 0 Å². The van der Waals surface area contributed by atoms with E-state index in [1.807, 2.05) is 17.9 Å². The van der Waals surface area contributed by atoms with Crippen molar-refractivity contribution in [2.45, 2.75) is 46.0 Å². The Labute approximate surface area is 104 Å². The van der Waals surface area contributed by atoms with Gasteiger partial charge in [0.05, 0.1) is 6.20 Å². The average molecular weight is 243 g/mol. The van der Waals surface area contributed by atoms with Gasteiger partial charge in [-0.2, -0.15) is 5.10 Å². The van der Waals surface area contributed by atoms with Gasteiger partial charge in [-0.15, -0.1) is 11.6 Å². The maximum Gasteiger partial charge on any atom is 0.0521 e. The van der Waals surface area contributed by atoms with E-state index in [1.54, 1.807) is 0 Å². The van der Waals surface area contributed by atoms with Crippen LogP contribution in [0.15, 0.2) is 12.4 Å². The minimum absolute atomic E-state index is 0.264. The van der Waals surface area contributed by atoms with Crippen molar-refractivity contribution in [2.75, 3.05) is 5.88 Å². The lowest BCUT2D eigenvalue weighted by Crippen LogP contribution is -2.25. The number of hydrogen-bond donors (Lipinski definition) is 0. The van der Waals surface area contributed by atoms with Crippen molar-refractivity contribution in [3.8, 4) is 0 Å². The van der Waals surface area contributed by atoms with Crippen LogP contribution in [-0.2, 0) is 13.5 Å². The van der Waals surface area contributed by atoms with Crippen LogP contribution < -0.4 is 0 Å². The Morgan fingerprint density at radius 3 is 2.62 bits per heavy atom. The molecule has 0 bridgehead atoms. The van der Waals surface area contributed by atoms with E-state index >= 15 is 0 Å². The van der Waals surface area contributed by atoms with Crippen molar-refractivity contribution in [1.82, 2.24) is 9.78 Å². The SMILES string of the molecule is CCCCC(CC)(CCl)Cc1cnn(C)c1. The summed E-state index contributed by atoms with van der Waals surface area (Å²) in [5, 5.41) is 4.22. The summed E-state index contributed by atoms with van der Waals surface area (Å²) in [5.74, 6) is 0.748. The zero-order valence-electron chi connectivity index (χ0n) is 10.7. The van der Waals surface area contributed by atoms with E-state index in [1.165, 1.54) is 24.8 Å². The van der Waals surface area contributed by atoms with Gasteiger partial charge in [-0.3, -0.25) is 4.68 Å². The maximum absolute atomic E-state index is 6.19. The Kier molecular flexibility index (Phi) is 5.33. The Morgan fingerprint density at radius 2 is 2.19 bits per heavy atom. The summed E-state index contributed by atoms with van der Waals surface area (Å²) in [6, 6.07) is 0. The topological polar surface area (TPSA) is 17.8 Å². The summed E-state index contributed by atoms with van der Waals surface area (Å²) >= 11 is 6.19. The molecule has 0 fully saturated rings. The zero-order chi connectivity index (χ0) is 12.0. The van der Waals surface area contributed by atoms with Gasteiger partial charge < -0.3 is 0 Å². The number of nitrogens with zero attached hydrogens (tertiary/aromatic N) is 2. The number of alkyl halides is 1. The summed E-state index contributed by atoms with van der Waals surface area (Å²) in [7, 11) is 1.96. The van der Waals surface area contributed by atoms with Crippen molar-refractivity contribution in [3.63, 3.8) is 0 Å². The smallest absolute Gasteiger partial charge is 0.0521 e. The van der Waals surface area contributed by atoms with E-state index in [-0.39, 0.29) is 5.41 Å². The summed E-state index contributed by atoms with van der Waals surface area (Å²) in [6.45, 7) is 4.48. The van der Waals surface area contributed by atoms with Crippen molar-refractivity contribution in [2.24, 2.45) is 12.5 Å². The second-order valence-electron chi connectivity index (χ2n) is 4.79. The predicted octanol–water partition coefficient (Wildman–Crippen LogP) is 3.79. The molecule has 0 spiro atoms. The molecule has 3 heteroatoms. The van der Waals surface area contributed by atoms with E-state index in [2.05, 4.69) is 25.1 Å². The van der Waals surface area contributed by atoms with Crippen LogP contribution in [0.4, 0.5) is 0 Å². The highest BCUT2D eigenvalue weighted by Crippen LogP contribution is 2.34. The van der Waals surface area contributed by atoms with Gasteiger partial charge in [0, 0.05) is 19.1 Å².